The van der Waals surface area contributed by atoms with E-state index in [-0.39, 0.29) is 18.5 Å². The minimum absolute atomic E-state index is 0.0240. The van der Waals surface area contributed by atoms with Crippen LogP contribution in [-0.4, -0.2) is 47.4 Å². The van der Waals surface area contributed by atoms with Crippen molar-refractivity contribution in [2.24, 2.45) is 0 Å². The number of aliphatic hydroxyl groups is 2. The van der Waals surface area contributed by atoms with E-state index in [2.05, 4.69) is 31.3 Å². The first-order valence-corrected chi connectivity index (χ1v) is 38.9. The van der Waals surface area contributed by atoms with Crippen molar-refractivity contribution >= 4 is 11.9 Å². The number of aliphatic hydroxyl groups excluding tert-OH is 2. The van der Waals surface area contributed by atoms with E-state index in [1.165, 1.54) is 379 Å². The molecule has 0 radical (unpaired) electrons. The van der Waals surface area contributed by atoms with Gasteiger partial charge in [0.15, 0.2) is 0 Å². The second kappa shape index (κ2) is 74.1. The molecular weight excluding hydrogens is 1030 g/mol. The van der Waals surface area contributed by atoms with Gasteiger partial charge in [-0.05, 0) is 51.4 Å². The zero-order valence-corrected chi connectivity index (χ0v) is 57.4. The van der Waals surface area contributed by atoms with Crippen molar-refractivity contribution in [1.82, 2.24) is 5.32 Å². The molecule has 0 bridgehead atoms. The van der Waals surface area contributed by atoms with Crippen LogP contribution in [0.15, 0.2) is 12.2 Å². The van der Waals surface area contributed by atoms with E-state index in [4.69, 9.17) is 4.74 Å². The molecule has 0 aromatic carbocycles. The standard InChI is InChI=1S/C78H153NO5/c1-3-5-7-9-11-13-15-16-17-18-38-42-45-48-52-56-60-64-68-72-78(83)84-73-69-65-61-57-53-49-46-43-40-37-35-33-31-29-27-25-23-21-19-20-22-24-26-28-30-32-34-36-39-41-44-47-51-55-59-63-67-71-77(82)79-75(74-80)76(81)70-66-62-58-54-50-14-12-10-8-6-4-2/h16-17,75-76,80-81H,3-15,18-74H2,1-2H3,(H,79,82)/b17-16-. The molecule has 84 heavy (non-hydrogen) atoms. The third-order valence-corrected chi connectivity index (χ3v) is 18.6. The van der Waals surface area contributed by atoms with Crippen molar-refractivity contribution in [3.63, 3.8) is 0 Å². The maximum atomic E-state index is 12.5. The monoisotopic (exact) mass is 1180 g/mol. The Bertz CT molecular complexity index is 1270. The van der Waals surface area contributed by atoms with Gasteiger partial charge in [-0.15, -0.1) is 0 Å². The Kier molecular flexibility index (Phi) is 72.8. The Labute approximate surface area is 527 Å². The molecule has 0 fully saturated rings. The number of hydrogen-bond acceptors (Lipinski definition) is 5. The van der Waals surface area contributed by atoms with Gasteiger partial charge in [-0.3, -0.25) is 9.59 Å². The van der Waals surface area contributed by atoms with Gasteiger partial charge >= 0.3 is 5.97 Å². The SMILES string of the molecule is CCCCCCCC/C=C\CCCCCCCCCCCC(=O)OCCCCCCCCCCCCCCCCCCCCCCCCCCCCCCCCCCCCCCCC(=O)NC(CO)C(O)CCCCCCCCCCCCC. The van der Waals surface area contributed by atoms with E-state index < -0.39 is 12.1 Å². The normalized spacial score (nSPS) is 12.5. The first kappa shape index (κ1) is 82.6. The van der Waals surface area contributed by atoms with E-state index in [0.29, 0.717) is 25.9 Å². The van der Waals surface area contributed by atoms with E-state index in [0.717, 1.165) is 38.5 Å². The Morgan fingerprint density at radius 2 is 0.560 bits per heavy atom. The minimum Gasteiger partial charge on any atom is -0.466 e. The number of amides is 1. The van der Waals surface area contributed by atoms with Gasteiger partial charge < -0.3 is 20.3 Å². The van der Waals surface area contributed by atoms with Gasteiger partial charge in [0.05, 0.1) is 25.4 Å². The number of carbonyl (C=O) groups is 2. The van der Waals surface area contributed by atoms with Gasteiger partial charge in [0.1, 0.15) is 0 Å². The fourth-order valence-electron chi connectivity index (χ4n) is 12.6. The molecule has 0 aliphatic carbocycles. The third kappa shape index (κ3) is 69.7. The number of hydrogen-bond donors (Lipinski definition) is 3. The molecule has 1 amide bonds. The highest BCUT2D eigenvalue weighted by Crippen LogP contribution is 2.20. The van der Waals surface area contributed by atoms with Gasteiger partial charge in [0.25, 0.3) is 0 Å². The van der Waals surface area contributed by atoms with Crippen molar-refractivity contribution in [2.75, 3.05) is 13.2 Å². The molecule has 0 saturated heterocycles. The number of rotatable bonds is 74. The number of nitrogens with one attached hydrogen (secondary N) is 1. The lowest BCUT2D eigenvalue weighted by Crippen LogP contribution is -2.45. The zero-order chi connectivity index (χ0) is 60.6. The van der Waals surface area contributed by atoms with Crippen LogP contribution in [0.5, 0.6) is 0 Å². The first-order valence-electron chi connectivity index (χ1n) is 38.9. The average molecular weight is 1190 g/mol. The summed E-state index contributed by atoms with van der Waals surface area (Å²) in [5, 5.41) is 23.2. The maximum absolute atomic E-state index is 12.5. The Morgan fingerprint density at radius 3 is 0.845 bits per heavy atom. The van der Waals surface area contributed by atoms with Crippen LogP contribution in [0.1, 0.15) is 450 Å². The largest absolute Gasteiger partial charge is 0.466 e. The number of allylic oxidation sites excluding steroid dienone is 2. The van der Waals surface area contributed by atoms with Crippen LogP contribution < -0.4 is 5.32 Å². The van der Waals surface area contributed by atoms with Crippen molar-refractivity contribution in [3.8, 4) is 0 Å². The lowest BCUT2D eigenvalue weighted by Gasteiger charge is -2.22. The Hall–Kier alpha value is -1.40. The number of unbranched alkanes of at least 4 members (excludes halogenated alkanes) is 61. The van der Waals surface area contributed by atoms with Crippen LogP contribution in [0.25, 0.3) is 0 Å². The van der Waals surface area contributed by atoms with Crippen LogP contribution in [0.3, 0.4) is 0 Å². The first-order chi connectivity index (χ1) is 41.5. The molecule has 0 aromatic rings. The number of ether oxygens (including phenoxy) is 1. The van der Waals surface area contributed by atoms with Crippen LogP contribution >= 0.6 is 0 Å². The van der Waals surface area contributed by atoms with Gasteiger partial charge in [-0.2, -0.15) is 0 Å². The summed E-state index contributed by atoms with van der Waals surface area (Å²) in [6, 6.07) is -0.535. The van der Waals surface area contributed by atoms with Crippen LogP contribution in [0, 0.1) is 0 Å². The van der Waals surface area contributed by atoms with Crippen LogP contribution in [-0.2, 0) is 14.3 Å². The lowest BCUT2D eigenvalue weighted by molar-refractivity contribution is -0.143. The summed E-state index contributed by atoms with van der Waals surface area (Å²) < 4.78 is 5.52. The van der Waals surface area contributed by atoms with Crippen molar-refractivity contribution < 1.29 is 24.5 Å². The van der Waals surface area contributed by atoms with Crippen LogP contribution in [0.4, 0.5) is 0 Å². The molecule has 0 spiro atoms. The summed E-state index contributed by atoms with van der Waals surface area (Å²) in [6.45, 7) is 4.98. The highest BCUT2D eigenvalue weighted by molar-refractivity contribution is 5.76. The van der Waals surface area contributed by atoms with Gasteiger partial charge in [-0.25, -0.2) is 0 Å². The van der Waals surface area contributed by atoms with Crippen molar-refractivity contribution in [3.05, 3.63) is 12.2 Å². The predicted molar refractivity (Wildman–Crippen MR) is 370 cm³/mol. The molecular formula is C78H153NO5. The molecule has 500 valence electrons. The molecule has 6 heteroatoms. The van der Waals surface area contributed by atoms with Crippen molar-refractivity contribution in [2.45, 2.75) is 463 Å². The summed E-state index contributed by atoms with van der Waals surface area (Å²) >= 11 is 0. The molecule has 2 atom stereocenters. The van der Waals surface area contributed by atoms with Gasteiger partial charge in [-0.1, -0.05) is 398 Å². The molecule has 0 heterocycles. The molecule has 0 aliphatic heterocycles. The second-order valence-corrected chi connectivity index (χ2v) is 27.0. The van der Waals surface area contributed by atoms with Crippen LogP contribution in [0.2, 0.25) is 0 Å². The quantitative estimate of drug-likeness (QED) is 0.0320. The number of esters is 1. The second-order valence-electron chi connectivity index (χ2n) is 27.0. The Morgan fingerprint density at radius 1 is 0.321 bits per heavy atom. The van der Waals surface area contributed by atoms with E-state index in [9.17, 15) is 19.8 Å². The molecule has 0 aromatic heterocycles. The van der Waals surface area contributed by atoms with Gasteiger partial charge in [0.2, 0.25) is 5.91 Å². The summed E-state index contributed by atoms with van der Waals surface area (Å²) in [6.07, 6.45) is 93.2. The van der Waals surface area contributed by atoms with Crippen molar-refractivity contribution in [1.29, 1.82) is 0 Å². The van der Waals surface area contributed by atoms with Gasteiger partial charge in [0, 0.05) is 12.8 Å². The average Bonchev–Trinajstić information content (AvgIpc) is 3.53. The summed E-state index contributed by atoms with van der Waals surface area (Å²) in [4.78, 5) is 24.6. The maximum Gasteiger partial charge on any atom is 0.305 e. The summed E-state index contributed by atoms with van der Waals surface area (Å²) in [5.74, 6) is -0.00351. The highest BCUT2D eigenvalue weighted by atomic mass is 16.5. The molecule has 2 unspecified atom stereocenters. The summed E-state index contributed by atoms with van der Waals surface area (Å²) in [7, 11) is 0. The topological polar surface area (TPSA) is 95.9 Å². The molecule has 0 rings (SSSR count). The number of carbonyl (C=O) groups excluding carboxylic acids is 2. The highest BCUT2D eigenvalue weighted by Gasteiger charge is 2.20. The zero-order valence-electron chi connectivity index (χ0n) is 57.4. The molecule has 3 N–H and O–H groups in total. The third-order valence-electron chi connectivity index (χ3n) is 18.6. The predicted octanol–water partition coefficient (Wildman–Crippen LogP) is 25.5. The Balaban J connectivity index is 3.26. The molecule has 6 nitrogen and oxygen atoms in total. The summed E-state index contributed by atoms with van der Waals surface area (Å²) in [5.41, 5.74) is 0. The van der Waals surface area contributed by atoms with E-state index >= 15 is 0 Å². The smallest absolute Gasteiger partial charge is 0.305 e. The lowest BCUT2D eigenvalue weighted by atomic mass is 10.0. The fraction of sp³-hybridized carbons (Fsp3) is 0.949. The van der Waals surface area contributed by atoms with E-state index in [1.54, 1.807) is 0 Å². The fourth-order valence-corrected chi connectivity index (χ4v) is 12.6. The minimum atomic E-state index is -0.658. The molecule has 0 saturated carbocycles. The van der Waals surface area contributed by atoms with E-state index in [1.807, 2.05) is 0 Å². The molecule has 0 aliphatic rings.